The molecule has 1 aromatic carbocycles. The average Bonchev–Trinajstić information content (AvgIpc) is 2.49. The predicted octanol–water partition coefficient (Wildman–Crippen LogP) is 1.39. The van der Waals surface area contributed by atoms with Crippen molar-refractivity contribution < 1.29 is 13.2 Å². The summed E-state index contributed by atoms with van der Waals surface area (Å²) in [6, 6.07) is 5.19. The first-order chi connectivity index (χ1) is 10.8. The van der Waals surface area contributed by atoms with Gasteiger partial charge in [0, 0.05) is 17.1 Å². The van der Waals surface area contributed by atoms with Gasteiger partial charge in [0.1, 0.15) is 0 Å². The van der Waals surface area contributed by atoms with Gasteiger partial charge in [-0.1, -0.05) is 11.6 Å². The van der Waals surface area contributed by atoms with E-state index in [2.05, 4.69) is 10.0 Å². The molecule has 23 heavy (non-hydrogen) atoms. The number of carbonyl (C=O) groups excluding carboxylic acids is 1. The van der Waals surface area contributed by atoms with Crippen LogP contribution in [0, 0.1) is 0 Å². The fraction of sp³-hybridized carbons (Fsp3) is 0.533. The Morgan fingerprint density at radius 3 is 2.35 bits per heavy atom. The number of nitrogens with one attached hydrogen (secondary N) is 2. The quantitative estimate of drug-likeness (QED) is 0.739. The molecule has 0 spiro atoms. The van der Waals surface area contributed by atoms with Crippen molar-refractivity contribution in [3.8, 4) is 0 Å². The van der Waals surface area contributed by atoms with Gasteiger partial charge in [0.25, 0.3) is 0 Å². The lowest BCUT2D eigenvalue weighted by molar-refractivity contribution is -0.123. The van der Waals surface area contributed by atoms with E-state index in [1.165, 1.54) is 31.2 Å². The van der Waals surface area contributed by atoms with Gasteiger partial charge in [-0.15, -0.1) is 0 Å². The van der Waals surface area contributed by atoms with Gasteiger partial charge in [-0.3, -0.25) is 4.79 Å². The highest BCUT2D eigenvalue weighted by molar-refractivity contribution is 7.89. The summed E-state index contributed by atoms with van der Waals surface area (Å²) in [5.74, 6) is -0.331. The van der Waals surface area contributed by atoms with Crippen LogP contribution >= 0.6 is 11.6 Å². The van der Waals surface area contributed by atoms with Crippen molar-refractivity contribution in [2.24, 2.45) is 5.73 Å². The highest BCUT2D eigenvalue weighted by Gasteiger charge is 2.25. The van der Waals surface area contributed by atoms with Crippen LogP contribution in [0.3, 0.4) is 0 Å². The third-order valence-corrected chi connectivity index (χ3v) is 5.78. The van der Waals surface area contributed by atoms with Crippen molar-refractivity contribution in [1.29, 1.82) is 0 Å². The third-order valence-electron chi connectivity index (χ3n) is 3.97. The fourth-order valence-corrected chi connectivity index (χ4v) is 3.89. The monoisotopic (exact) mass is 359 g/mol. The van der Waals surface area contributed by atoms with Crippen LogP contribution in [0.25, 0.3) is 0 Å². The predicted molar refractivity (Wildman–Crippen MR) is 89.6 cm³/mol. The zero-order valence-electron chi connectivity index (χ0n) is 13.0. The molecular formula is C15H22ClN3O3S. The third kappa shape index (κ3) is 5.17. The minimum absolute atomic E-state index is 0.0600. The molecule has 4 N–H and O–H groups in total. The van der Waals surface area contributed by atoms with Crippen LogP contribution in [0.4, 0.5) is 0 Å². The standard InChI is InChI=1S/C15H22ClN3O3S/c1-10(15(20)18-13-6-4-12(17)5-7-13)19-23(21,22)14-8-2-11(16)3-9-14/h2-3,8-10,12-13,19H,4-7,17H2,1H3,(H,18,20). The highest BCUT2D eigenvalue weighted by atomic mass is 35.5. The molecule has 1 fully saturated rings. The number of halogens is 1. The van der Waals surface area contributed by atoms with Crippen LogP contribution in [-0.2, 0) is 14.8 Å². The number of amides is 1. The second kappa shape index (κ2) is 7.61. The zero-order valence-corrected chi connectivity index (χ0v) is 14.5. The van der Waals surface area contributed by atoms with Gasteiger partial charge in [0.2, 0.25) is 15.9 Å². The number of rotatable bonds is 5. The Morgan fingerprint density at radius 1 is 1.22 bits per heavy atom. The van der Waals surface area contributed by atoms with E-state index >= 15 is 0 Å². The van der Waals surface area contributed by atoms with Crippen LogP contribution in [0.15, 0.2) is 29.2 Å². The number of nitrogens with two attached hydrogens (primary N) is 1. The molecule has 0 saturated heterocycles. The summed E-state index contributed by atoms with van der Waals surface area (Å²) >= 11 is 5.75. The summed E-state index contributed by atoms with van der Waals surface area (Å²) in [7, 11) is -3.76. The van der Waals surface area contributed by atoms with Gasteiger partial charge in [-0.2, -0.15) is 4.72 Å². The molecule has 1 aliphatic rings. The van der Waals surface area contributed by atoms with Gasteiger partial charge < -0.3 is 11.1 Å². The first kappa shape index (κ1) is 18.2. The lowest BCUT2D eigenvalue weighted by Gasteiger charge is -2.28. The Balaban J connectivity index is 1.93. The van der Waals surface area contributed by atoms with Gasteiger partial charge in [-0.05, 0) is 56.9 Å². The number of hydrogen-bond acceptors (Lipinski definition) is 4. The number of benzene rings is 1. The molecule has 1 atom stereocenters. The van der Waals surface area contributed by atoms with Gasteiger partial charge >= 0.3 is 0 Å². The first-order valence-corrected chi connectivity index (χ1v) is 9.48. The fourth-order valence-electron chi connectivity index (χ4n) is 2.56. The lowest BCUT2D eigenvalue weighted by atomic mass is 9.92. The molecule has 0 heterocycles. The lowest BCUT2D eigenvalue weighted by Crippen LogP contribution is -2.49. The Labute approximate surface area is 141 Å². The van der Waals surface area contributed by atoms with Crippen molar-refractivity contribution in [2.45, 2.75) is 55.6 Å². The average molecular weight is 360 g/mol. The normalized spacial score (nSPS) is 23.3. The van der Waals surface area contributed by atoms with Crippen molar-refractivity contribution in [2.75, 3.05) is 0 Å². The molecule has 0 bridgehead atoms. The van der Waals surface area contributed by atoms with E-state index in [0.29, 0.717) is 5.02 Å². The summed E-state index contributed by atoms with van der Waals surface area (Å²) in [5.41, 5.74) is 5.83. The number of sulfonamides is 1. The molecule has 0 aliphatic heterocycles. The molecule has 2 rings (SSSR count). The van der Waals surface area contributed by atoms with E-state index < -0.39 is 16.1 Å². The minimum atomic E-state index is -3.76. The Hall–Kier alpha value is -1.15. The van der Waals surface area contributed by atoms with Gasteiger partial charge in [-0.25, -0.2) is 8.42 Å². The first-order valence-electron chi connectivity index (χ1n) is 7.62. The van der Waals surface area contributed by atoms with Crippen molar-refractivity contribution in [3.05, 3.63) is 29.3 Å². The molecule has 8 heteroatoms. The van der Waals surface area contributed by atoms with Gasteiger partial charge in [0.05, 0.1) is 10.9 Å². The number of hydrogen-bond donors (Lipinski definition) is 3. The van der Waals surface area contributed by atoms with E-state index in [1.807, 2.05) is 0 Å². The van der Waals surface area contributed by atoms with Crippen LogP contribution in [0.5, 0.6) is 0 Å². The largest absolute Gasteiger partial charge is 0.352 e. The van der Waals surface area contributed by atoms with Crippen molar-refractivity contribution in [3.63, 3.8) is 0 Å². The van der Waals surface area contributed by atoms with Crippen molar-refractivity contribution >= 4 is 27.5 Å². The summed E-state index contributed by atoms with van der Waals surface area (Å²) < 4.78 is 26.9. The molecule has 0 radical (unpaired) electrons. The second-order valence-corrected chi connectivity index (χ2v) is 8.07. The smallest absolute Gasteiger partial charge is 0.241 e. The molecule has 6 nitrogen and oxygen atoms in total. The van der Waals surface area contributed by atoms with E-state index in [4.69, 9.17) is 17.3 Å². The van der Waals surface area contributed by atoms with E-state index in [1.54, 1.807) is 0 Å². The second-order valence-electron chi connectivity index (χ2n) is 5.92. The van der Waals surface area contributed by atoms with E-state index in [-0.39, 0.29) is 22.9 Å². The maximum atomic E-state index is 12.2. The zero-order chi connectivity index (χ0) is 17.0. The van der Waals surface area contributed by atoms with Crippen molar-refractivity contribution in [1.82, 2.24) is 10.0 Å². The molecular weight excluding hydrogens is 338 g/mol. The molecule has 0 aromatic heterocycles. The summed E-state index contributed by atoms with van der Waals surface area (Å²) in [5, 5.41) is 3.33. The minimum Gasteiger partial charge on any atom is -0.352 e. The molecule has 1 aromatic rings. The van der Waals surface area contributed by atoms with Gasteiger partial charge in [0.15, 0.2) is 0 Å². The molecule has 128 valence electrons. The summed E-state index contributed by atoms with van der Waals surface area (Å²) in [4.78, 5) is 12.2. The van der Waals surface area contributed by atoms with E-state index in [0.717, 1.165) is 25.7 Å². The molecule has 1 unspecified atom stereocenters. The highest BCUT2D eigenvalue weighted by Crippen LogP contribution is 2.17. The van der Waals surface area contributed by atoms with Crippen LogP contribution in [0.1, 0.15) is 32.6 Å². The molecule has 1 amide bonds. The van der Waals surface area contributed by atoms with Crippen LogP contribution in [-0.4, -0.2) is 32.5 Å². The summed E-state index contributed by atoms with van der Waals surface area (Å²) in [6.07, 6.45) is 3.39. The Bertz CT molecular complexity index is 640. The molecule has 1 saturated carbocycles. The number of carbonyl (C=O) groups is 1. The topological polar surface area (TPSA) is 101 Å². The van der Waals surface area contributed by atoms with Crippen LogP contribution in [0.2, 0.25) is 5.02 Å². The van der Waals surface area contributed by atoms with Crippen LogP contribution < -0.4 is 15.8 Å². The molecule has 1 aliphatic carbocycles. The maximum absolute atomic E-state index is 12.2. The maximum Gasteiger partial charge on any atom is 0.241 e. The Kier molecular flexibility index (Phi) is 6.02. The van der Waals surface area contributed by atoms with E-state index in [9.17, 15) is 13.2 Å². The Morgan fingerprint density at radius 2 is 1.78 bits per heavy atom. The summed E-state index contributed by atoms with van der Waals surface area (Å²) in [6.45, 7) is 1.53. The SMILES string of the molecule is CC(NS(=O)(=O)c1ccc(Cl)cc1)C(=O)NC1CCC(N)CC1.